The minimum Gasteiger partial charge on any atom is -0.480 e. The number of carbonyl (C=O) groups excluding carboxylic acids is 1. The Balaban J connectivity index is 1.97. The summed E-state index contributed by atoms with van der Waals surface area (Å²) in [6.45, 7) is 5.49. The number of amides is 2. The topological polar surface area (TPSA) is 132 Å². The molecule has 0 aliphatic carbocycles. The highest BCUT2D eigenvalue weighted by Gasteiger charge is 2.19. The van der Waals surface area contributed by atoms with E-state index in [1.165, 1.54) is 4.90 Å². The van der Waals surface area contributed by atoms with Crippen molar-refractivity contribution in [3.8, 4) is 11.8 Å². The van der Waals surface area contributed by atoms with Crippen LogP contribution in [0.5, 0.6) is 0 Å². The number of urea groups is 1. The first kappa shape index (κ1) is 23.3. The zero-order chi connectivity index (χ0) is 23.0. The summed E-state index contributed by atoms with van der Waals surface area (Å²) in [4.78, 5) is 24.6. The van der Waals surface area contributed by atoms with Gasteiger partial charge in [0, 0.05) is 28.5 Å². The molecule has 2 amide bonds. The number of hydrogen-bond donors (Lipinski definition) is 5. The fourth-order valence-electron chi connectivity index (χ4n) is 2.76. The van der Waals surface area contributed by atoms with E-state index in [0.717, 1.165) is 16.8 Å². The highest BCUT2D eigenvalue weighted by Crippen LogP contribution is 2.16. The molecule has 0 unspecified atom stereocenters. The van der Waals surface area contributed by atoms with Crippen LogP contribution in [0, 0.1) is 24.2 Å². The van der Waals surface area contributed by atoms with Crippen molar-refractivity contribution >= 4 is 29.2 Å². The van der Waals surface area contributed by atoms with E-state index >= 15 is 0 Å². The van der Waals surface area contributed by atoms with Gasteiger partial charge in [-0.05, 0) is 68.8 Å². The largest absolute Gasteiger partial charge is 0.480 e. The number of carboxylic acid groups (broad SMARTS) is 1. The number of amidine groups is 1. The van der Waals surface area contributed by atoms with E-state index in [2.05, 4.69) is 22.5 Å². The molecule has 0 radical (unpaired) electrons. The van der Waals surface area contributed by atoms with Crippen molar-refractivity contribution in [3.63, 3.8) is 0 Å². The minimum absolute atomic E-state index is 0.0280. The number of nitrogens with zero attached hydrogens (tertiary/aromatic N) is 1. The molecule has 0 spiro atoms. The smallest absolute Gasteiger partial charge is 0.323 e. The second-order valence-electron chi connectivity index (χ2n) is 7.22. The first-order chi connectivity index (χ1) is 14.7. The third kappa shape index (κ3) is 7.08. The van der Waals surface area contributed by atoms with Crippen molar-refractivity contribution in [2.24, 2.45) is 5.73 Å². The highest BCUT2D eigenvalue weighted by atomic mass is 16.4. The second-order valence-corrected chi connectivity index (χ2v) is 7.22. The number of aliphatic carboxylic acids is 1. The molecule has 0 aliphatic heterocycles. The third-order valence-corrected chi connectivity index (χ3v) is 4.47. The lowest BCUT2D eigenvalue weighted by atomic mass is 10.1. The average Bonchev–Trinajstić information content (AvgIpc) is 2.70. The van der Waals surface area contributed by atoms with Gasteiger partial charge >= 0.3 is 12.0 Å². The Kier molecular flexibility index (Phi) is 8.03. The molecule has 2 aromatic carbocycles. The normalized spacial score (nSPS) is 10.1. The zero-order valence-electron chi connectivity index (χ0n) is 17.8. The van der Waals surface area contributed by atoms with Crippen LogP contribution in [0.15, 0.2) is 42.5 Å². The second kappa shape index (κ2) is 10.7. The number of nitrogens with two attached hydrogens (primary N) is 1. The SMILES string of the molecule is Cc1cc(NC(=O)N(CC(=O)O)C(C)C)ccc1C#CCNc1ccc(C(=N)N)cc1. The van der Waals surface area contributed by atoms with Crippen molar-refractivity contribution in [3.05, 3.63) is 59.2 Å². The molecule has 0 atom stereocenters. The van der Waals surface area contributed by atoms with Gasteiger partial charge in [0.1, 0.15) is 12.4 Å². The zero-order valence-corrected chi connectivity index (χ0v) is 17.8. The number of hydrogen-bond acceptors (Lipinski definition) is 4. The van der Waals surface area contributed by atoms with Gasteiger partial charge in [-0.15, -0.1) is 0 Å². The number of nitrogen functional groups attached to an aromatic ring is 1. The molecule has 2 aromatic rings. The molecule has 0 aromatic heterocycles. The molecule has 6 N–H and O–H groups in total. The van der Waals surface area contributed by atoms with Crippen LogP contribution in [0.1, 0.15) is 30.5 Å². The number of carbonyl (C=O) groups is 2. The molecule has 0 aliphatic rings. The first-order valence-electron chi connectivity index (χ1n) is 9.74. The Bertz CT molecular complexity index is 1020. The number of rotatable bonds is 7. The Labute approximate surface area is 182 Å². The Morgan fingerprint density at radius 3 is 2.35 bits per heavy atom. The predicted octanol–water partition coefficient (Wildman–Crippen LogP) is 3.07. The maximum atomic E-state index is 12.4. The lowest BCUT2D eigenvalue weighted by Gasteiger charge is -2.25. The van der Waals surface area contributed by atoms with Crippen LogP contribution in [0.3, 0.4) is 0 Å². The van der Waals surface area contributed by atoms with E-state index in [0.29, 0.717) is 17.8 Å². The summed E-state index contributed by atoms with van der Waals surface area (Å²) in [6, 6.07) is 11.9. The van der Waals surface area contributed by atoms with E-state index in [4.69, 9.17) is 16.2 Å². The lowest BCUT2D eigenvalue weighted by molar-refractivity contribution is -0.137. The van der Waals surface area contributed by atoms with Gasteiger partial charge in [0.2, 0.25) is 0 Å². The van der Waals surface area contributed by atoms with E-state index in [9.17, 15) is 9.59 Å². The number of carboxylic acids is 1. The molecule has 0 saturated carbocycles. The quantitative estimate of drug-likeness (QED) is 0.266. The molecular weight excluding hydrogens is 394 g/mol. The van der Waals surface area contributed by atoms with Gasteiger partial charge in [0.25, 0.3) is 0 Å². The maximum Gasteiger partial charge on any atom is 0.323 e. The molecule has 8 nitrogen and oxygen atoms in total. The summed E-state index contributed by atoms with van der Waals surface area (Å²) in [5.41, 5.74) is 9.29. The molecule has 0 fully saturated rings. The van der Waals surface area contributed by atoms with Gasteiger partial charge in [0.05, 0.1) is 6.54 Å². The summed E-state index contributed by atoms with van der Waals surface area (Å²) >= 11 is 0. The van der Waals surface area contributed by atoms with E-state index in [1.54, 1.807) is 38.1 Å². The number of aryl methyl sites for hydroxylation is 1. The molecule has 2 rings (SSSR count). The van der Waals surface area contributed by atoms with Crippen molar-refractivity contribution in [2.75, 3.05) is 23.7 Å². The maximum absolute atomic E-state index is 12.4. The lowest BCUT2D eigenvalue weighted by Crippen LogP contribution is -2.43. The fourth-order valence-corrected chi connectivity index (χ4v) is 2.76. The van der Waals surface area contributed by atoms with Crippen LogP contribution < -0.4 is 16.4 Å². The van der Waals surface area contributed by atoms with E-state index in [1.807, 2.05) is 25.1 Å². The summed E-state index contributed by atoms with van der Waals surface area (Å²) in [6.07, 6.45) is 0. The van der Waals surface area contributed by atoms with Crippen LogP contribution in [0.4, 0.5) is 16.2 Å². The third-order valence-electron chi connectivity index (χ3n) is 4.47. The first-order valence-corrected chi connectivity index (χ1v) is 9.74. The van der Waals surface area contributed by atoms with Crippen molar-refractivity contribution in [2.45, 2.75) is 26.8 Å². The molecule has 0 heterocycles. The molecule has 8 heteroatoms. The van der Waals surface area contributed by atoms with Crippen LogP contribution in [-0.2, 0) is 4.79 Å². The summed E-state index contributed by atoms with van der Waals surface area (Å²) in [5, 5.41) is 22.3. The van der Waals surface area contributed by atoms with Crippen LogP contribution in [-0.4, -0.2) is 47.0 Å². The van der Waals surface area contributed by atoms with Gasteiger partial charge in [-0.25, -0.2) is 4.79 Å². The van der Waals surface area contributed by atoms with Crippen molar-refractivity contribution < 1.29 is 14.7 Å². The van der Waals surface area contributed by atoms with E-state index < -0.39 is 12.0 Å². The molecule has 162 valence electrons. The van der Waals surface area contributed by atoms with Crippen LogP contribution in [0.25, 0.3) is 0 Å². The Morgan fingerprint density at radius 2 is 1.81 bits per heavy atom. The van der Waals surface area contributed by atoms with Crippen LogP contribution in [0.2, 0.25) is 0 Å². The summed E-state index contributed by atoms with van der Waals surface area (Å²) in [5.74, 6) is 5.11. The van der Waals surface area contributed by atoms with Crippen molar-refractivity contribution in [1.82, 2.24) is 4.90 Å². The van der Waals surface area contributed by atoms with Crippen LogP contribution >= 0.6 is 0 Å². The number of benzene rings is 2. The van der Waals surface area contributed by atoms with Gasteiger partial charge < -0.3 is 26.4 Å². The number of nitrogens with one attached hydrogen (secondary N) is 3. The van der Waals surface area contributed by atoms with Gasteiger partial charge in [-0.2, -0.15) is 0 Å². The monoisotopic (exact) mass is 421 g/mol. The number of anilines is 2. The molecule has 0 bridgehead atoms. The van der Waals surface area contributed by atoms with Gasteiger partial charge in [-0.3, -0.25) is 10.2 Å². The van der Waals surface area contributed by atoms with Crippen molar-refractivity contribution in [1.29, 1.82) is 5.41 Å². The summed E-state index contributed by atoms with van der Waals surface area (Å²) < 4.78 is 0. The average molecular weight is 422 g/mol. The standard InChI is InChI=1S/C23H27N5O3/c1-15(2)28(14-21(29)30)23(31)27-20-11-6-17(16(3)13-20)5-4-12-26-19-9-7-18(8-10-19)22(24)25/h6-11,13,15,26H,12,14H2,1-3H3,(H3,24,25)(H,27,31)(H,29,30). The van der Waals surface area contributed by atoms with Gasteiger partial charge in [0.15, 0.2) is 0 Å². The minimum atomic E-state index is -1.06. The highest BCUT2D eigenvalue weighted by molar-refractivity contribution is 5.95. The Hall–Kier alpha value is -3.99. The van der Waals surface area contributed by atoms with Gasteiger partial charge in [-0.1, -0.05) is 11.8 Å². The molecular formula is C23H27N5O3. The Morgan fingerprint density at radius 1 is 1.16 bits per heavy atom. The van der Waals surface area contributed by atoms with E-state index in [-0.39, 0.29) is 18.4 Å². The predicted molar refractivity (Wildman–Crippen MR) is 123 cm³/mol. The fraction of sp³-hybridized carbons (Fsp3) is 0.261. The molecule has 0 saturated heterocycles. The molecule has 31 heavy (non-hydrogen) atoms. The summed E-state index contributed by atoms with van der Waals surface area (Å²) in [7, 11) is 0.